The number of nitrogens with zero attached hydrogens (tertiary/aromatic N) is 2. The van der Waals surface area contributed by atoms with Crippen LogP contribution in [0.25, 0.3) is 0 Å². The summed E-state index contributed by atoms with van der Waals surface area (Å²) in [6.45, 7) is 4.26. The molecule has 2 heterocycles. The van der Waals surface area contributed by atoms with Crippen LogP contribution >= 0.6 is 0 Å². The molecule has 1 aliphatic heterocycles. The Labute approximate surface area is 164 Å². The number of hydrogen-bond donors (Lipinski definition) is 1. The minimum Gasteiger partial charge on any atom is -0.461 e. The van der Waals surface area contributed by atoms with Crippen molar-refractivity contribution < 1.29 is 22.5 Å². The molecule has 9 heteroatoms. The summed E-state index contributed by atoms with van der Waals surface area (Å²) in [7, 11) is -3.50. The predicted octanol–water partition coefficient (Wildman–Crippen LogP) is 2.63. The zero-order valence-corrected chi connectivity index (χ0v) is 16.7. The first kappa shape index (κ1) is 20.1. The van der Waals surface area contributed by atoms with Gasteiger partial charge in [0, 0.05) is 18.5 Å². The van der Waals surface area contributed by atoms with Crippen LogP contribution in [0, 0.1) is 13.8 Å². The molecule has 3 rings (SSSR count). The standard InChI is InChI=1S/C19H23N3O5S/c1-13-16(14(2)27-21-13)12-26-18(23)10-4-3-7-11-20-19-15-8-5-6-9-17(15)28(24,25)22-19/h5-6,8-9H,3-4,7,10-12H2,1-2H3,(H,20,22). The van der Waals surface area contributed by atoms with E-state index >= 15 is 0 Å². The van der Waals surface area contributed by atoms with Gasteiger partial charge in [-0.2, -0.15) is 0 Å². The van der Waals surface area contributed by atoms with Crippen molar-refractivity contribution in [1.29, 1.82) is 0 Å². The Kier molecular flexibility index (Phi) is 6.13. The first-order valence-corrected chi connectivity index (χ1v) is 10.6. The third-order valence-corrected chi connectivity index (χ3v) is 5.93. The van der Waals surface area contributed by atoms with Crippen LogP contribution in [0.3, 0.4) is 0 Å². The molecule has 0 radical (unpaired) electrons. The molecular formula is C19H23N3O5S. The number of unbranched alkanes of at least 4 members (excludes halogenated alkanes) is 2. The van der Waals surface area contributed by atoms with Crippen LogP contribution in [-0.4, -0.2) is 31.9 Å². The lowest BCUT2D eigenvalue weighted by Gasteiger charge is -2.04. The van der Waals surface area contributed by atoms with Gasteiger partial charge >= 0.3 is 5.97 Å². The Hall–Kier alpha value is -2.68. The lowest BCUT2D eigenvalue weighted by molar-refractivity contribution is -0.145. The van der Waals surface area contributed by atoms with Gasteiger partial charge < -0.3 is 9.26 Å². The van der Waals surface area contributed by atoms with Gasteiger partial charge in [-0.1, -0.05) is 23.7 Å². The summed E-state index contributed by atoms with van der Waals surface area (Å²) in [6.07, 6.45) is 2.57. The molecule has 0 spiro atoms. The van der Waals surface area contributed by atoms with Crippen LogP contribution < -0.4 is 4.72 Å². The van der Waals surface area contributed by atoms with Crippen LogP contribution in [0.2, 0.25) is 0 Å². The molecule has 0 fully saturated rings. The summed E-state index contributed by atoms with van der Waals surface area (Å²) in [5, 5.41) is 3.82. The largest absolute Gasteiger partial charge is 0.461 e. The predicted molar refractivity (Wildman–Crippen MR) is 102 cm³/mol. The monoisotopic (exact) mass is 405 g/mol. The maximum atomic E-state index is 12.0. The Balaban J connectivity index is 1.38. The number of esters is 1. The van der Waals surface area contributed by atoms with E-state index < -0.39 is 10.0 Å². The fraction of sp³-hybridized carbons (Fsp3) is 0.421. The summed E-state index contributed by atoms with van der Waals surface area (Å²) in [5.74, 6) is 0.784. The van der Waals surface area contributed by atoms with Gasteiger partial charge in [-0.25, -0.2) is 8.42 Å². The number of aliphatic imine (C=N–C) groups is 1. The van der Waals surface area contributed by atoms with E-state index in [4.69, 9.17) is 9.26 Å². The van der Waals surface area contributed by atoms with Gasteiger partial charge in [0.15, 0.2) is 0 Å². The first-order valence-electron chi connectivity index (χ1n) is 9.12. The molecule has 150 valence electrons. The van der Waals surface area contributed by atoms with Crippen molar-refractivity contribution in [2.45, 2.75) is 51.0 Å². The van der Waals surface area contributed by atoms with Crippen LogP contribution in [0.5, 0.6) is 0 Å². The van der Waals surface area contributed by atoms with Gasteiger partial charge in [-0.15, -0.1) is 0 Å². The van der Waals surface area contributed by atoms with E-state index in [1.165, 1.54) is 0 Å². The highest BCUT2D eigenvalue weighted by Crippen LogP contribution is 2.22. The molecule has 1 N–H and O–H groups in total. The Morgan fingerprint density at radius 2 is 2.00 bits per heavy atom. The molecule has 2 aromatic rings. The topological polar surface area (TPSA) is 111 Å². The smallest absolute Gasteiger partial charge is 0.306 e. The molecular weight excluding hydrogens is 382 g/mol. The summed E-state index contributed by atoms with van der Waals surface area (Å²) < 4.78 is 36.8. The fourth-order valence-corrected chi connectivity index (χ4v) is 4.18. The average molecular weight is 405 g/mol. The van der Waals surface area contributed by atoms with E-state index in [-0.39, 0.29) is 17.5 Å². The summed E-state index contributed by atoms with van der Waals surface area (Å²) in [6, 6.07) is 6.77. The second kappa shape index (κ2) is 8.55. The van der Waals surface area contributed by atoms with Crippen LogP contribution in [-0.2, 0) is 26.2 Å². The number of ether oxygens (including phenoxy) is 1. The van der Waals surface area contributed by atoms with E-state index in [9.17, 15) is 13.2 Å². The highest BCUT2D eigenvalue weighted by molar-refractivity contribution is 7.90. The second-order valence-electron chi connectivity index (χ2n) is 6.61. The zero-order chi connectivity index (χ0) is 20.1. The number of carbonyl (C=O) groups is 1. The second-order valence-corrected chi connectivity index (χ2v) is 8.26. The zero-order valence-electron chi connectivity index (χ0n) is 15.9. The number of rotatable bonds is 8. The maximum absolute atomic E-state index is 12.0. The van der Waals surface area contributed by atoms with E-state index in [1.807, 2.05) is 6.92 Å². The molecule has 0 saturated heterocycles. The number of benzene rings is 1. The van der Waals surface area contributed by atoms with Crippen LogP contribution in [0.1, 0.15) is 48.3 Å². The molecule has 0 unspecified atom stereocenters. The van der Waals surface area contributed by atoms with E-state index in [0.29, 0.717) is 36.5 Å². The third-order valence-electron chi connectivity index (χ3n) is 4.53. The number of fused-ring (bicyclic) bond motifs is 1. The number of nitrogens with one attached hydrogen (secondary N) is 1. The van der Waals surface area contributed by atoms with Crippen molar-refractivity contribution in [1.82, 2.24) is 9.88 Å². The van der Waals surface area contributed by atoms with Crippen LogP contribution in [0.15, 0.2) is 38.7 Å². The summed E-state index contributed by atoms with van der Waals surface area (Å²) >= 11 is 0. The SMILES string of the molecule is Cc1noc(C)c1COC(=O)CCCCCN=C1NS(=O)(=O)c2ccccc21. The molecule has 1 aromatic carbocycles. The normalized spacial score (nSPS) is 16.0. The number of carbonyl (C=O) groups excluding carboxylic acids is 1. The Bertz CT molecular complexity index is 975. The van der Waals surface area contributed by atoms with Crippen molar-refractivity contribution in [2.75, 3.05) is 6.54 Å². The van der Waals surface area contributed by atoms with Crippen molar-refractivity contribution in [2.24, 2.45) is 4.99 Å². The fourth-order valence-electron chi connectivity index (χ4n) is 2.93. The quantitative estimate of drug-likeness (QED) is 0.534. The molecule has 8 nitrogen and oxygen atoms in total. The molecule has 0 saturated carbocycles. The first-order chi connectivity index (χ1) is 13.4. The van der Waals surface area contributed by atoms with Crippen molar-refractivity contribution >= 4 is 21.8 Å². The molecule has 28 heavy (non-hydrogen) atoms. The van der Waals surface area contributed by atoms with Crippen molar-refractivity contribution in [3.05, 3.63) is 46.8 Å². The number of hydrogen-bond acceptors (Lipinski definition) is 7. The minimum absolute atomic E-state index is 0.174. The average Bonchev–Trinajstić information content (AvgIpc) is 3.12. The number of aromatic nitrogens is 1. The molecule has 0 atom stereocenters. The number of sulfonamides is 1. The summed E-state index contributed by atoms with van der Waals surface area (Å²) in [5.41, 5.74) is 2.14. The molecule has 1 aliphatic rings. The molecule has 0 bridgehead atoms. The molecule has 0 aliphatic carbocycles. The van der Waals surface area contributed by atoms with E-state index in [1.54, 1.807) is 31.2 Å². The van der Waals surface area contributed by atoms with Gasteiger partial charge in [0.2, 0.25) is 0 Å². The van der Waals surface area contributed by atoms with Gasteiger partial charge in [0.1, 0.15) is 18.2 Å². The molecule has 0 amide bonds. The Morgan fingerprint density at radius 3 is 2.75 bits per heavy atom. The lowest BCUT2D eigenvalue weighted by atomic mass is 10.2. The summed E-state index contributed by atoms with van der Waals surface area (Å²) in [4.78, 5) is 16.5. The van der Waals surface area contributed by atoms with Crippen LogP contribution in [0.4, 0.5) is 0 Å². The van der Waals surface area contributed by atoms with Gasteiger partial charge in [-0.3, -0.25) is 14.5 Å². The van der Waals surface area contributed by atoms with Gasteiger partial charge in [0.25, 0.3) is 10.0 Å². The number of aryl methyl sites for hydroxylation is 2. The lowest BCUT2D eigenvalue weighted by Crippen LogP contribution is -2.22. The van der Waals surface area contributed by atoms with Gasteiger partial charge in [0.05, 0.1) is 16.2 Å². The highest BCUT2D eigenvalue weighted by Gasteiger charge is 2.29. The Morgan fingerprint density at radius 1 is 1.21 bits per heavy atom. The van der Waals surface area contributed by atoms with Gasteiger partial charge in [-0.05, 0) is 38.8 Å². The molecule has 1 aromatic heterocycles. The van der Waals surface area contributed by atoms with Crippen molar-refractivity contribution in [3.8, 4) is 0 Å². The van der Waals surface area contributed by atoms with Crippen molar-refractivity contribution in [3.63, 3.8) is 0 Å². The third kappa shape index (κ3) is 4.59. The maximum Gasteiger partial charge on any atom is 0.306 e. The van der Waals surface area contributed by atoms with E-state index in [0.717, 1.165) is 24.1 Å². The van der Waals surface area contributed by atoms with E-state index in [2.05, 4.69) is 14.9 Å². The minimum atomic E-state index is -3.50. The highest BCUT2D eigenvalue weighted by atomic mass is 32.2. The number of amidine groups is 1.